The van der Waals surface area contributed by atoms with Crippen LogP contribution in [0.1, 0.15) is 39.2 Å². The van der Waals surface area contributed by atoms with Crippen molar-refractivity contribution in [3.63, 3.8) is 0 Å². The second-order valence-electron chi connectivity index (χ2n) is 6.92. The predicted molar refractivity (Wildman–Crippen MR) is 88.9 cm³/mol. The summed E-state index contributed by atoms with van der Waals surface area (Å²) in [4.78, 5) is 0. The van der Waals surface area contributed by atoms with Crippen molar-refractivity contribution in [3.05, 3.63) is 52.1 Å². The molecule has 0 fully saturated rings. The average molecular weight is 270 g/mol. The summed E-state index contributed by atoms with van der Waals surface area (Å²) in [5.41, 5.74) is 7.47. The van der Waals surface area contributed by atoms with E-state index in [9.17, 15) is 0 Å². The topological polar surface area (TPSA) is 0 Å². The predicted octanol–water partition coefficient (Wildman–Crippen LogP) is 5.00. The van der Waals surface area contributed by atoms with Crippen molar-refractivity contribution in [1.29, 1.82) is 0 Å². The Labute approximate surface area is 119 Å². The van der Waals surface area contributed by atoms with Gasteiger partial charge in [0.05, 0.1) is 8.07 Å². The molecule has 1 aromatic rings. The summed E-state index contributed by atoms with van der Waals surface area (Å²) in [5.74, 6) is 0.510. The van der Waals surface area contributed by atoms with Gasteiger partial charge in [0.25, 0.3) is 0 Å². The largest absolute Gasteiger partial charge is 0.0775 e. The molecule has 1 aliphatic rings. The monoisotopic (exact) mass is 270 g/mol. The molecule has 102 valence electrons. The Balaban J connectivity index is 2.40. The lowest BCUT2D eigenvalue weighted by atomic mass is 9.89. The Kier molecular flexibility index (Phi) is 3.61. The summed E-state index contributed by atoms with van der Waals surface area (Å²) >= 11 is 0. The fraction of sp³-hybridized carbons (Fsp3) is 0.444. The zero-order valence-electron chi connectivity index (χ0n) is 13.4. The zero-order valence-corrected chi connectivity index (χ0v) is 14.4. The van der Waals surface area contributed by atoms with E-state index in [-0.39, 0.29) is 0 Å². The first-order valence-corrected chi connectivity index (χ1v) is 10.7. The molecule has 0 amide bonds. The summed E-state index contributed by atoms with van der Waals surface area (Å²) in [7, 11) is -1.18. The molecule has 0 aliphatic heterocycles. The Hall–Kier alpha value is -1.08. The Morgan fingerprint density at radius 1 is 0.737 bits per heavy atom. The van der Waals surface area contributed by atoms with E-state index in [0.29, 0.717) is 5.92 Å². The number of hydrogen-bond acceptors (Lipinski definition) is 0. The molecule has 0 spiro atoms. The zero-order chi connectivity index (χ0) is 14.4. The third-order valence-electron chi connectivity index (χ3n) is 4.72. The number of rotatable bonds is 2. The molecular formula is C18H26Si. The van der Waals surface area contributed by atoms with Crippen LogP contribution in [0.15, 0.2) is 46.6 Å². The minimum atomic E-state index is -1.18. The molecule has 0 saturated heterocycles. The lowest BCUT2D eigenvalue weighted by Crippen LogP contribution is -2.37. The Morgan fingerprint density at radius 3 is 1.53 bits per heavy atom. The third kappa shape index (κ3) is 2.49. The van der Waals surface area contributed by atoms with Crippen LogP contribution in [-0.2, 0) is 0 Å². The van der Waals surface area contributed by atoms with Crippen LogP contribution in [0.5, 0.6) is 0 Å². The third-order valence-corrected chi connectivity index (χ3v) is 6.79. The van der Waals surface area contributed by atoms with Gasteiger partial charge in [0, 0.05) is 5.92 Å². The van der Waals surface area contributed by atoms with Crippen LogP contribution in [-0.4, -0.2) is 8.07 Å². The molecule has 0 aromatic heterocycles. The van der Waals surface area contributed by atoms with Gasteiger partial charge in [-0.1, -0.05) is 60.2 Å². The van der Waals surface area contributed by atoms with Gasteiger partial charge in [-0.05, 0) is 44.4 Å². The van der Waals surface area contributed by atoms with Crippen LogP contribution in [0, 0.1) is 0 Å². The maximum atomic E-state index is 2.40. The van der Waals surface area contributed by atoms with E-state index in [1.165, 1.54) is 27.9 Å². The molecule has 1 aliphatic carbocycles. The van der Waals surface area contributed by atoms with Crippen LogP contribution in [0.2, 0.25) is 19.6 Å². The molecule has 1 aromatic carbocycles. The lowest BCUT2D eigenvalue weighted by molar-refractivity contribution is 0.936. The van der Waals surface area contributed by atoms with Gasteiger partial charge in [-0.2, -0.15) is 0 Å². The summed E-state index contributed by atoms with van der Waals surface area (Å²) in [6.07, 6.45) is 0. The average Bonchev–Trinajstić information content (AvgIpc) is 2.53. The second kappa shape index (κ2) is 4.79. The number of allylic oxidation sites excluding steroid dienone is 4. The molecule has 0 heterocycles. The Morgan fingerprint density at radius 2 is 1.16 bits per heavy atom. The molecule has 0 bridgehead atoms. The minimum absolute atomic E-state index is 0.510. The first-order valence-electron chi connectivity index (χ1n) is 7.19. The van der Waals surface area contributed by atoms with Crippen molar-refractivity contribution in [2.75, 3.05) is 0 Å². The van der Waals surface area contributed by atoms with E-state index >= 15 is 0 Å². The molecular weight excluding hydrogens is 244 g/mol. The van der Waals surface area contributed by atoms with Crippen molar-refractivity contribution in [1.82, 2.24) is 0 Å². The van der Waals surface area contributed by atoms with Crippen molar-refractivity contribution < 1.29 is 0 Å². The molecule has 0 atom stereocenters. The number of benzene rings is 1. The highest BCUT2D eigenvalue weighted by molar-refractivity contribution is 6.88. The normalized spacial score (nSPS) is 17.6. The Bertz CT molecular complexity index is 526. The van der Waals surface area contributed by atoms with Gasteiger partial charge in [-0.25, -0.2) is 0 Å². The van der Waals surface area contributed by atoms with Gasteiger partial charge in [-0.3, -0.25) is 0 Å². The molecule has 0 nitrogen and oxygen atoms in total. The van der Waals surface area contributed by atoms with Crippen molar-refractivity contribution in [3.8, 4) is 0 Å². The fourth-order valence-electron chi connectivity index (χ4n) is 3.02. The molecule has 0 N–H and O–H groups in total. The van der Waals surface area contributed by atoms with Gasteiger partial charge in [-0.15, -0.1) is 0 Å². The van der Waals surface area contributed by atoms with E-state index in [0.717, 1.165) is 0 Å². The minimum Gasteiger partial charge on any atom is -0.0656 e. The van der Waals surface area contributed by atoms with Crippen molar-refractivity contribution in [2.24, 2.45) is 0 Å². The summed E-state index contributed by atoms with van der Waals surface area (Å²) < 4.78 is 0. The van der Waals surface area contributed by atoms with Crippen LogP contribution in [0.3, 0.4) is 0 Å². The van der Waals surface area contributed by atoms with Crippen LogP contribution < -0.4 is 5.19 Å². The van der Waals surface area contributed by atoms with Gasteiger partial charge < -0.3 is 0 Å². The smallest absolute Gasteiger partial charge is 0.0656 e. The first kappa shape index (κ1) is 14.3. The second-order valence-corrected chi connectivity index (χ2v) is 12.0. The standard InChI is InChI=1S/C18H26Si/c1-12-13(2)15(4)18(14(12)3)16-8-10-17(11-9-16)19(5,6)7/h8-11,18H,1-7H3. The van der Waals surface area contributed by atoms with E-state index < -0.39 is 8.07 Å². The highest BCUT2D eigenvalue weighted by Gasteiger charge is 2.26. The van der Waals surface area contributed by atoms with Crippen LogP contribution >= 0.6 is 0 Å². The molecule has 19 heavy (non-hydrogen) atoms. The molecule has 0 unspecified atom stereocenters. The van der Waals surface area contributed by atoms with Gasteiger partial charge >= 0.3 is 0 Å². The summed E-state index contributed by atoms with van der Waals surface area (Å²) in [6.45, 7) is 16.3. The molecule has 0 saturated carbocycles. The maximum absolute atomic E-state index is 2.40. The van der Waals surface area contributed by atoms with Gasteiger partial charge in [0.15, 0.2) is 0 Å². The van der Waals surface area contributed by atoms with Crippen molar-refractivity contribution in [2.45, 2.75) is 53.3 Å². The van der Waals surface area contributed by atoms with Crippen LogP contribution in [0.4, 0.5) is 0 Å². The van der Waals surface area contributed by atoms with E-state index in [2.05, 4.69) is 71.6 Å². The molecule has 1 heteroatoms. The molecule has 0 radical (unpaired) electrons. The maximum Gasteiger partial charge on any atom is 0.0775 e. The summed E-state index contributed by atoms with van der Waals surface area (Å²) in [6, 6.07) is 9.39. The van der Waals surface area contributed by atoms with Gasteiger partial charge in [0.1, 0.15) is 0 Å². The highest BCUT2D eigenvalue weighted by Crippen LogP contribution is 2.42. The summed E-state index contributed by atoms with van der Waals surface area (Å²) in [5, 5.41) is 1.55. The van der Waals surface area contributed by atoms with Gasteiger partial charge in [0.2, 0.25) is 0 Å². The lowest BCUT2D eigenvalue weighted by Gasteiger charge is -2.20. The SMILES string of the molecule is CC1=C(C)C(c2ccc([Si](C)(C)C)cc2)C(C)=C1C. The highest BCUT2D eigenvalue weighted by atomic mass is 28.3. The fourth-order valence-corrected chi connectivity index (χ4v) is 4.19. The quantitative estimate of drug-likeness (QED) is 0.663. The van der Waals surface area contributed by atoms with E-state index in [1.807, 2.05) is 0 Å². The molecule has 2 rings (SSSR count). The first-order chi connectivity index (χ1) is 8.73. The van der Waals surface area contributed by atoms with Crippen molar-refractivity contribution >= 4 is 13.3 Å². The number of hydrogen-bond donors (Lipinski definition) is 0. The van der Waals surface area contributed by atoms with Crippen LogP contribution in [0.25, 0.3) is 0 Å². The van der Waals surface area contributed by atoms with E-state index in [4.69, 9.17) is 0 Å². The van der Waals surface area contributed by atoms with E-state index in [1.54, 1.807) is 5.19 Å².